The van der Waals surface area contributed by atoms with Crippen molar-refractivity contribution < 1.29 is 31.0 Å². The minimum atomic E-state index is 0. The van der Waals surface area contributed by atoms with Crippen molar-refractivity contribution in [2.75, 3.05) is 0 Å². The maximum Gasteiger partial charge on any atom is 0 e. The van der Waals surface area contributed by atoms with Gasteiger partial charge in [0.25, 0.3) is 0 Å². The van der Waals surface area contributed by atoms with Crippen molar-refractivity contribution in [3.63, 3.8) is 0 Å². The standard InChI is InChI=1S/C8H15O.2ClH.Zr/c1-3-5-6-8(4-2)7-9;;;/h8H,3-6H2,1-2H3;2*1H;/q-1;;;. The molecule has 74 valence electrons. The van der Waals surface area contributed by atoms with Crippen LogP contribution in [0.3, 0.4) is 0 Å². The molecule has 0 rings (SSSR count). The molecule has 0 amide bonds. The zero-order chi connectivity index (χ0) is 7.11. The van der Waals surface area contributed by atoms with E-state index in [1.54, 1.807) is 0 Å². The van der Waals surface area contributed by atoms with E-state index >= 15 is 0 Å². The Morgan fingerprint density at radius 1 is 1.25 bits per heavy atom. The summed E-state index contributed by atoms with van der Waals surface area (Å²) in [7, 11) is 0. The molecular formula is C8H17Cl2OZr-. The molecule has 0 aliphatic carbocycles. The number of hydrogen-bond donors (Lipinski definition) is 0. The molecule has 0 heterocycles. The van der Waals surface area contributed by atoms with Crippen LogP contribution in [0.2, 0.25) is 0 Å². The molecule has 0 fully saturated rings. The number of carbonyl (C=O) groups excluding carboxylic acids is 1. The van der Waals surface area contributed by atoms with Crippen LogP contribution < -0.4 is 0 Å². The molecule has 4 heteroatoms. The van der Waals surface area contributed by atoms with E-state index in [0.717, 1.165) is 19.3 Å². The average molecular weight is 291 g/mol. The van der Waals surface area contributed by atoms with Crippen LogP contribution in [0.15, 0.2) is 0 Å². The summed E-state index contributed by atoms with van der Waals surface area (Å²) in [6.07, 6.45) is 6.35. The Hall–Kier alpha value is 1.13. The normalized spacial score (nSPS) is 9.83. The summed E-state index contributed by atoms with van der Waals surface area (Å²) in [6.45, 7) is 4.17. The maximum atomic E-state index is 10.1. The van der Waals surface area contributed by atoms with Crippen LogP contribution in [-0.2, 0) is 31.0 Å². The molecule has 1 unspecified atom stereocenters. The first-order valence-electron chi connectivity index (χ1n) is 3.72. The molecule has 0 aromatic heterocycles. The van der Waals surface area contributed by atoms with E-state index in [1.807, 2.05) is 13.2 Å². The van der Waals surface area contributed by atoms with Crippen LogP contribution in [0.5, 0.6) is 0 Å². The van der Waals surface area contributed by atoms with Gasteiger partial charge in [-0.05, 0) is 0 Å². The number of unbranched alkanes of at least 4 members (excludes halogenated alkanes) is 1. The molecule has 0 bridgehead atoms. The van der Waals surface area contributed by atoms with Gasteiger partial charge >= 0.3 is 0 Å². The van der Waals surface area contributed by atoms with Crippen LogP contribution in [0.25, 0.3) is 0 Å². The summed E-state index contributed by atoms with van der Waals surface area (Å²) in [4.78, 5) is 10.1. The van der Waals surface area contributed by atoms with Crippen LogP contribution in [-0.4, -0.2) is 6.29 Å². The number of hydrogen-bond acceptors (Lipinski definition) is 1. The third-order valence-electron chi connectivity index (χ3n) is 1.57. The number of halogens is 2. The summed E-state index contributed by atoms with van der Waals surface area (Å²) < 4.78 is 0. The van der Waals surface area contributed by atoms with Gasteiger partial charge in [0.1, 0.15) is 0 Å². The van der Waals surface area contributed by atoms with E-state index in [2.05, 4.69) is 6.92 Å². The maximum absolute atomic E-state index is 10.1. The predicted octanol–water partition coefficient (Wildman–Crippen LogP) is 3.15. The van der Waals surface area contributed by atoms with Gasteiger partial charge in [0.2, 0.25) is 0 Å². The first kappa shape index (κ1) is 23.2. The fourth-order valence-electron chi connectivity index (χ4n) is 0.797. The quantitative estimate of drug-likeness (QED) is 0.711. The summed E-state index contributed by atoms with van der Waals surface area (Å²) in [6, 6.07) is 0. The van der Waals surface area contributed by atoms with E-state index in [9.17, 15) is 4.79 Å². The predicted molar refractivity (Wildman–Crippen MR) is 53.5 cm³/mol. The topological polar surface area (TPSA) is 17.1 Å². The summed E-state index contributed by atoms with van der Waals surface area (Å²) >= 11 is 0. The smallest absolute Gasteiger partial charge is 0 e. The molecule has 0 saturated heterocycles. The zero-order valence-electron chi connectivity index (χ0n) is 7.63. The van der Waals surface area contributed by atoms with E-state index in [-0.39, 0.29) is 56.9 Å². The largest absolute Gasteiger partial charge is 0.542 e. The van der Waals surface area contributed by atoms with Crippen molar-refractivity contribution in [2.45, 2.75) is 39.5 Å². The molecule has 0 aliphatic rings. The molecule has 0 aliphatic heterocycles. The van der Waals surface area contributed by atoms with Crippen molar-refractivity contribution in [1.82, 2.24) is 0 Å². The first-order chi connectivity index (χ1) is 4.35. The molecule has 0 radical (unpaired) electrons. The Labute approximate surface area is 107 Å². The Bertz CT molecular complexity index is 81.5. The molecule has 0 spiro atoms. The third-order valence-corrected chi connectivity index (χ3v) is 1.57. The van der Waals surface area contributed by atoms with Crippen molar-refractivity contribution in [2.24, 2.45) is 5.92 Å². The van der Waals surface area contributed by atoms with Gasteiger partial charge in [0.05, 0.1) is 0 Å². The molecule has 1 atom stereocenters. The van der Waals surface area contributed by atoms with E-state index < -0.39 is 0 Å². The molecule has 0 N–H and O–H groups in total. The Morgan fingerprint density at radius 2 is 1.75 bits per heavy atom. The van der Waals surface area contributed by atoms with Crippen LogP contribution >= 0.6 is 24.8 Å². The van der Waals surface area contributed by atoms with Gasteiger partial charge in [0, 0.05) is 26.2 Å². The minimum Gasteiger partial charge on any atom is -0.542 e. The summed E-state index contributed by atoms with van der Waals surface area (Å²) in [5.41, 5.74) is 0. The monoisotopic (exact) mass is 289 g/mol. The second-order valence-corrected chi connectivity index (χ2v) is 2.37. The second kappa shape index (κ2) is 18.0. The van der Waals surface area contributed by atoms with Crippen molar-refractivity contribution >= 4 is 31.1 Å². The van der Waals surface area contributed by atoms with Gasteiger partial charge in [-0.15, -0.1) is 30.7 Å². The molecule has 1 nitrogen and oxygen atoms in total. The van der Waals surface area contributed by atoms with Crippen LogP contribution in [0, 0.1) is 5.92 Å². The van der Waals surface area contributed by atoms with Crippen molar-refractivity contribution in [3.8, 4) is 0 Å². The Kier molecular flexibility index (Phi) is 34.8. The van der Waals surface area contributed by atoms with Gasteiger partial charge in [-0.3, -0.25) is 6.29 Å². The van der Waals surface area contributed by atoms with Crippen LogP contribution in [0.1, 0.15) is 39.5 Å². The molecule has 0 aromatic carbocycles. The Morgan fingerprint density at radius 3 is 2.00 bits per heavy atom. The first-order valence-corrected chi connectivity index (χ1v) is 3.72. The van der Waals surface area contributed by atoms with Crippen LogP contribution in [0.4, 0.5) is 0 Å². The fourth-order valence-corrected chi connectivity index (χ4v) is 0.797. The molecule has 0 saturated carbocycles. The molecule has 12 heavy (non-hydrogen) atoms. The van der Waals surface area contributed by atoms with Gasteiger partial charge < -0.3 is 4.79 Å². The van der Waals surface area contributed by atoms with Crippen molar-refractivity contribution in [1.29, 1.82) is 0 Å². The van der Waals surface area contributed by atoms with Gasteiger partial charge in [-0.2, -0.15) is 0 Å². The van der Waals surface area contributed by atoms with E-state index in [0.29, 0.717) is 0 Å². The van der Waals surface area contributed by atoms with Crippen molar-refractivity contribution in [3.05, 3.63) is 0 Å². The van der Waals surface area contributed by atoms with Gasteiger partial charge in [-0.1, -0.05) is 39.5 Å². The van der Waals surface area contributed by atoms with Gasteiger partial charge in [-0.25, -0.2) is 0 Å². The molecule has 0 aromatic rings. The molecular weight excluding hydrogens is 274 g/mol. The summed E-state index contributed by atoms with van der Waals surface area (Å²) in [5, 5.41) is 0. The zero-order valence-corrected chi connectivity index (χ0v) is 11.7. The Balaban J connectivity index is -0.000000107. The van der Waals surface area contributed by atoms with E-state index in [1.165, 1.54) is 6.42 Å². The number of rotatable bonds is 5. The minimum absolute atomic E-state index is 0. The fraction of sp³-hybridized carbons (Fsp3) is 0.875. The summed E-state index contributed by atoms with van der Waals surface area (Å²) in [5.74, 6) is 0.199. The SMILES string of the molecule is CCCCC([C-]=O)CC.Cl.Cl.[Zr]. The van der Waals surface area contributed by atoms with Gasteiger partial charge in [0.15, 0.2) is 0 Å². The third kappa shape index (κ3) is 13.7. The van der Waals surface area contributed by atoms with E-state index in [4.69, 9.17) is 0 Å². The average Bonchev–Trinajstić information content (AvgIpc) is 1.91. The second-order valence-electron chi connectivity index (χ2n) is 2.37.